The van der Waals surface area contributed by atoms with Gasteiger partial charge in [-0.1, -0.05) is 35.5 Å². The fourth-order valence-electron chi connectivity index (χ4n) is 1.85. The van der Waals surface area contributed by atoms with Crippen LogP contribution in [0, 0.1) is 6.92 Å². The molecule has 0 radical (unpaired) electrons. The van der Waals surface area contributed by atoms with Gasteiger partial charge in [0.15, 0.2) is 5.84 Å². The van der Waals surface area contributed by atoms with E-state index in [4.69, 9.17) is 10.9 Å². The molecule has 2 rings (SSSR count). The Morgan fingerprint density at radius 1 is 1.25 bits per heavy atom. The molecule has 104 valence electrons. The van der Waals surface area contributed by atoms with Gasteiger partial charge in [-0.25, -0.2) is 0 Å². The van der Waals surface area contributed by atoms with Crippen molar-refractivity contribution in [2.45, 2.75) is 17.6 Å². The fraction of sp³-hybridized carbons (Fsp3) is 0.133. The first-order valence-electron chi connectivity index (χ1n) is 6.07. The summed E-state index contributed by atoms with van der Waals surface area (Å²) in [5.41, 5.74) is 9.03. The first-order chi connectivity index (χ1) is 9.63. The first kappa shape index (κ1) is 14.9. The molecule has 3 N–H and O–H groups in total. The van der Waals surface area contributed by atoms with E-state index in [9.17, 15) is 0 Å². The van der Waals surface area contributed by atoms with E-state index in [2.05, 4.69) is 40.1 Å². The van der Waals surface area contributed by atoms with Crippen molar-refractivity contribution in [1.29, 1.82) is 0 Å². The molecule has 0 unspecified atom stereocenters. The Kier molecular flexibility index (Phi) is 5.09. The van der Waals surface area contributed by atoms with Gasteiger partial charge in [0.2, 0.25) is 0 Å². The highest BCUT2D eigenvalue weighted by Gasteiger charge is 2.12. The molecule has 0 atom stereocenters. The maximum atomic E-state index is 8.90. The minimum absolute atomic E-state index is 0.116. The molecule has 0 fully saturated rings. The lowest BCUT2D eigenvalue weighted by Gasteiger charge is -2.11. The molecule has 0 aromatic heterocycles. The molecule has 2 aromatic carbocycles. The summed E-state index contributed by atoms with van der Waals surface area (Å²) in [6.07, 6.45) is 0. The highest BCUT2D eigenvalue weighted by molar-refractivity contribution is 9.10. The standard InChI is InChI=1S/C15H15BrN2OS/c1-10-5-2-3-6-11(10)9-20-13-8-4-7-12(16)14(13)15(17)18-19/h2-8,19H,9H2,1H3,(H2,17,18). The van der Waals surface area contributed by atoms with Crippen molar-refractivity contribution in [3.05, 3.63) is 63.6 Å². The number of oxime groups is 1. The fourth-order valence-corrected chi connectivity index (χ4v) is 3.72. The highest BCUT2D eigenvalue weighted by Crippen LogP contribution is 2.31. The summed E-state index contributed by atoms with van der Waals surface area (Å²) >= 11 is 5.11. The SMILES string of the molecule is Cc1ccccc1CSc1cccc(Br)c1/C(N)=N/O. The van der Waals surface area contributed by atoms with Gasteiger partial charge in [0, 0.05) is 20.7 Å². The van der Waals surface area contributed by atoms with Crippen molar-refractivity contribution in [2.24, 2.45) is 10.9 Å². The van der Waals surface area contributed by atoms with E-state index < -0.39 is 0 Å². The van der Waals surface area contributed by atoms with Crippen LogP contribution in [0.1, 0.15) is 16.7 Å². The third-order valence-corrected chi connectivity index (χ3v) is 4.75. The third-order valence-electron chi connectivity index (χ3n) is 2.98. The van der Waals surface area contributed by atoms with E-state index in [1.165, 1.54) is 11.1 Å². The van der Waals surface area contributed by atoms with Gasteiger partial charge in [0.05, 0.1) is 0 Å². The molecule has 20 heavy (non-hydrogen) atoms. The van der Waals surface area contributed by atoms with E-state index in [-0.39, 0.29) is 5.84 Å². The molecule has 0 amide bonds. The summed E-state index contributed by atoms with van der Waals surface area (Å²) in [5, 5.41) is 12.0. The Labute approximate surface area is 131 Å². The zero-order valence-corrected chi connectivity index (χ0v) is 13.4. The lowest BCUT2D eigenvalue weighted by molar-refractivity contribution is 0.318. The molecule has 5 heteroatoms. The number of thioether (sulfide) groups is 1. The van der Waals surface area contributed by atoms with E-state index in [0.717, 1.165) is 20.7 Å². The quantitative estimate of drug-likeness (QED) is 0.286. The van der Waals surface area contributed by atoms with Crippen LogP contribution in [0.25, 0.3) is 0 Å². The first-order valence-corrected chi connectivity index (χ1v) is 7.85. The minimum Gasteiger partial charge on any atom is -0.409 e. The van der Waals surface area contributed by atoms with Crippen molar-refractivity contribution in [1.82, 2.24) is 0 Å². The second kappa shape index (κ2) is 6.81. The Bertz CT molecular complexity index is 644. The van der Waals surface area contributed by atoms with Crippen molar-refractivity contribution in [3.63, 3.8) is 0 Å². The average molecular weight is 351 g/mol. The highest BCUT2D eigenvalue weighted by atomic mass is 79.9. The Hall–Kier alpha value is -1.46. The molecule has 0 bridgehead atoms. The summed E-state index contributed by atoms with van der Waals surface area (Å²) in [6, 6.07) is 14.1. The number of hydrogen-bond donors (Lipinski definition) is 2. The van der Waals surface area contributed by atoms with Gasteiger partial charge in [-0.15, -0.1) is 11.8 Å². The summed E-state index contributed by atoms with van der Waals surface area (Å²) < 4.78 is 0.822. The van der Waals surface area contributed by atoms with Crippen molar-refractivity contribution in [2.75, 3.05) is 0 Å². The maximum absolute atomic E-state index is 8.90. The number of hydrogen-bond acceptors (Lipinski definition) is 3. The Balaban J connectivity index is 2.27. The topological polar surface area (TPSA) is 58.6 Å². The molecule has 0 aliphatic carbocycles. The Morgan fingerprint density at radius 2 is 2.00 bits per heavy atom. The summed E-state index contributed by atoms with van der Waals surface area (Å²) in [6.45, 7) is 2.10. The summed E-state index contributed by atoms with van der Waals surface area (Å²) in [4.78, 5) is 0.984. The molecule has 2 aromatic rings. The summed E-state index contributed by atoms with van der Waals surface area (Å²) in [7, 11) is 0. The van der Waals surface area contributed by atoms with Crippen LogP contribution in [-0.4, -0.2) is 11.0 Å². The maximum Gasteiger partial charge on any atom is 0.172 e. The smallest absolute Gasteiger partial charge is 0.172 e. The number of rotatable bonds is 4. The second-order valence-corrected chi connectivity index (χ2v) is 6.18. The molecular formula is C15H15BrN2OS. The van der Waals surface area contributed by atoms with Gasteiger partial charge in [0.1, 0.15) is 0 Å². The third kappa shape index (κ3) is 3.35. The van der Waals surface area contributed by atoms with Crippen LogP contribution < -0.4 is 5.73 Å². The molecule has 0 spiro atoms. The lowest BCUT2D eigenvalue weighted by Crippen LogP contribution is -2.15. The monoisotopic (exact) mass is 350 g/mol. The van der Waals surface area contributed by atoms with Crippen molar-refractivity contribution < 1.29 is 5.21 Å². The van der Waals surface area contributed by atoms with Crippen LogP contribution >= 0.6 is 27.7 Å². The van der Waals surface area contributed by atoms with Gasteiger partial charge in [0.25, 0.3) is 0 Å². The zero-order valence-electron chi connectivity index (χ0n) is 11.0. The largest absolute Gasteiger partial charge is 0.409 e. The van der Waals surface area contributed by atoms with E-state index in [1.54, 1.807) is 11.8 Å². The number of nitrogens with zero attached hydrogens (tertiary/aromatic N) is 1. The van der Waals surface area contributed by atoms with Crippen LogP contribution in [-0.2, 0) is 5.75 Å². The molecule has 0 aliphatic rings. The molecule has 0 saturated carbocycles. The van der Waals surface area contributed by atoms with Crippen molar-refractivity contribution >= 4 is 33.5 Å². The van der Waals surface area contributed by atoms with Gasteiger partial charge >= 0.3 is 0 Å². The molecular weight excluding hydrogens is 336 g/mol. The van der Waals surface area contributed by atoms with Crippen molar-refractivity contribution in [3.8, 4) is 0 Å². The van der Waals surface area contributed by atoms with Crippen LogP contribution in [0.5, 0.6) is 0 Å². The molecule has 0 aliphatic heterocycles. The van der Waals surface area contributed by atoms with Gasteiger partial charge in [-0.3, -0.25) is 0 Å². The van der Waals surface area contributed by atoms with Crippen LogP contribution in [0.2, 0.25) is 0 Å². The average Bonchev–Trinajstić information content (AvgIpc) is 2.46. The van der Waals surface area contributed by atoms with Gasteiger partial charge < -0.3 is 10.9 Å². The zero-order chi connectivity index (χ0) is 14.5. The number of halogens is 1. The second-order valence-electron chi connectivity index (χ2n) is 4.31. The predicted octanol–water partition coefficient (Wildman–Crippen LogP) is 4.14. The molecule has 3 nitrogen and oxygen atoms in total. The number of nitrogens with two attached hydrogens (primary N) is 1. The lowest BCUT2D eigenvalue weighted by atomic mass is 10.1. The normalized spacial score (nSPS) is 11.6. The van der Waals surface area contributed by atoms with Gasteiger partial charge in [-0.05, 0) is 46.1 Å². The Morgan fingerprint density at radius 3 is 2.70 bits per heavy atom. The van der Waals surface area contributed by atoms with E-state index in [0.29, 0.717) is 0 Å². The van der Waals surface area contributed by atoms with E-state index >= 15 is 0 Å². The van der Waals surface area contributed by atoms with Crippen LogP contribution in [0.15, 0.2) is 57.0 Å². The van der Waals surface area contributed by atoms with E-state index in [1.807, 2.05) is 30.3 Å². The summed E-state index contributed by atoms with van der Waals surface area (Å²) in [5.74, 6) is 0.958. The number of amidine groups is 1. The minimum atomic E-state index is 0.116. The van der Waals surface area contributed by atoms with Gasteiger partial charge in [-0.2, -0.15) is 0 Å². The molecule has 0 heterocycles. The van der Waals surface area contributed by atoms with Crippen LogP contribution in [0.4, 0.5) is 0 Å². The van der Waals surface area contributed by atoms with Crippen LogP contribution in [0.3, 0.4) is 0 Å². The number of aryl methyl sites for hydroxylation is 1. The number of benzene rings is 2. The predicted molar refractivity (Wildman–Crippen MR) is 87.4 cm³/mol. The molecule has 0 saturated heterocycles.